The van der Waals surface area contributed by atoms with Crippen LogP contribution >= 0.6 is 11.6 Å². The van der Waals surface area contributed by atoms with Gasteiger partial charge in [0.2, 0.25) is 5.91 Å². The van der Waals surface area contributed by atoms with Crippen LogP contribution in [0.2, 0.25) is 5.02 Å². The van der Waals surface area contributed by atoms with Gasteiger partial charge in [-0.25, -0.2) is 4.68 Å². The predicted octanol–water partition coefficient (Wildman–Crippen LogP) is 1.96. The van der Waals surface area contributed by atoms with Gasteiger partial charge in [-0.1, -0.05) is 28.9 Å². The second kappa shape index (κ2) is 6.13. The average molecular weight is 307 g/mol. The number of para-hydroxylation sites is 1. The maximum Gasteiger partial charge on any atom is 0.242 e. The molecule has 2 heterocycles. The highest BCUT2D eigenvalue weighted by atomic mass is 35.5. The minimum atomic E-state index is -0.113. The predicted molar refractivity (Wildman–Crippen MR) is 77.1 cm³/mol. The third-order valence-corrected chi connectivity index (χ3v) is 3.67. The van der Waals surface area contributed by atoms with Crippen molar-refractivity contribution in [3.63, 3.8) is 0 Å². The topological polar surface area (TPSA) is 69.0 Å². The van der Waals surface area contributed by atoms with Crippen molar-refractivity contribution in [2.24, 2.45) is 0 Å². The summed E-state index contributed by atoms with van der Waals surface area (Å²) in [6.45, 7) is 0.749. The molecule has 1 unspecified atom stereocenters. The highest BCUT2D eigenvalue weighted by Crippen LogP contribution is 2.36. The number of aromatic nitrogens is 3. The minimum absolute atomic E-state index is 0.0998. The normalized spacial score (nSPS) is 17.5. The number of hydrogen-bond acceptors (Lipinski definition) is 4. The van der Waals surface area contributed by atoms with Crippen molar-refractivity contribution in [2.75, 3.05) is 6.61 Å². The van der Waals surface area contributed by atoms with Crippen molar-refractivity contribution < 1.29 is 9.53 Å². The van der Waals surface area contributed by atoms with E-state index in [2.05, 4.69) is 15.6 Å². The molecule has 2 aromatic rings. The van der Waals surface area contributed by atoms with Crippen LogP contribution in [0.25, 0.3) is 0 Å². The first-order valence-electron chi connectivity index (χ1n) is 6.79. The van der Waals surface area contributed by atoms with Gasteiger partial charge in [-0.05, 0) is 18.9 Å². The third kappa shape index (κ3) is 3.16. The Kier molecular flexibility index (Phi) is 4.06. The van der Waals surface area contributed by atoms with Gasteiger partial charge in [-0.3, -0.25) is 4.79 Å². The Morgan fingerprint density at radius 3 is 3.24 bits per heavy atom. The van der Waals surface area contributed by atoms with E-state index in [9.17, 15) is 4.79 Å². The highest BCUT2D eigenvalue weighted by Gasteiger charge is 2.23. The first-order valence-corrected chi connectivity index (χ1v) is 7.16. The maximum absolute atomic E-state index is 12.1. The Bertz CT molecular complexity index is 630. The van der Waals surface area contributed by atoms with E-state index >= 15 is 0 Å². The zero-order chi connectivity index (χ0) is 14.7. The molecule has 1 N–H and O–H groups in total. The lowest BCUT2D eigenvalue weighted by Crippen LogP contribution is -2.31. The Morgan fingerprint density at radius 1 is 1.52 bits per heavy atom. The zero-order valence-electron chi connectivity index (χ0n) is 11.3. The van der Waals surface area contributed by atoms with E-state index in [1.807, 2.05) is 12.1 Å². The van der Waals surface area contributed by atoms with Gasteiger partial charge in [0.25, 0.3) is 0 Å². The number of carbonyl (C=O) groups excluding carboxylic acids is 1. The number of carbonyl (C=O) groups is 1. The van der Waals surface area contributed by atoms with Gasteiger partial charge in [0.05, 0.1) is 23.9 Å². The van der Waals surface area contributed by atoms with Crippen LogP contribution in [0, 0.1) is 0 Å². The van der Waals surface area contributed by atoms with Crippen molar-refractivity contribution in [1.82, 2.24) is 20.3 Å². The van der Waals surface area contributed by atoms with Crippen LogP contribution in [0.3, 0.4) is 0 Å². The second-order valence-corrected chi connectivity index (χ2v) is 5.28. The zero-order valence-corrected chi connectivity index (χ0v) is 12.1. The number of nitrogens with zero attached hydrogens (tertiary/aromatic N) is 3. The van der Waals surface area contributed by atoms with Crippen molar-refractivity contribution in [3.8, 4) is 5.75 Å². The van der Waals surface area contributed by atoms with Gasteiger partial charge in [0.1, 0.15) is 12.3 Å². The summed E-state index contributed by atoms with van der Waals surface area (Å²) in [6, 6.07) is 5.50. The molecule has 1 aliphatic rings. The molecule has 0 radical (unpaired) electrons. The monoisotopic (exact) mass is 306 g/mol. The number of halogens is 1. The number of ether oxygens (including phenoxy) is 1. The maximum atomic E-state index is 12.1. The van der Waals surface area contributed by atoms with Gasteiger partial charge in [0.15, 0.2) is 0 Å². The van der Waals surface area contributed by atoms with E-state index in [0.29, 0.717) is 17.4 Å². The fraction of sp³-hybridized carbons (Fsp3) is 0.357. The van der Waals surface area contributed by atoms with Crippen LogP contribution in [0.5, 0.6) is 5.75 Å². The molecule has 0 aliphatic carbocycles. The number of hydrogen-bond donors (Lipinski definition) is 1. The van der Waals surface area contributed by atoms with Crippen LogP contribution in [0.1, 0.15) is 24.4 Å². The molecule has 7 heteroatoms. The van der Waals surface area contributed by atoms with Crippen molar-refractivity contribution in [2.45, 2.75) is 25.4 Å². The van der Waals surface area contributed by atoms with Crippen LogP contribution in [0.4, 0.5) is 0 Å². The van der Waals surface area contributed by atoms with Crippen molar-refractivity contribution in [1.29, 1.82) is 0 Å². The largest absolute Gasteiger partial charge is 0.492 e. The summed E-state index contributed by atoms with van der Waals surface area (Å²) < 4.78 is 7.17. The van der Waals surface area contributed by atoms with Crippen LogP contribution in [0.15, 0.2) is 30.6 Å². The van der Waals surface area contributed by atoms with E-state index in [1.165, 1.54) is 4.68 Å². The van der Waals surface area contributed by atoms with Crippen LogP contribution < -0.4 is 10.1 Å². The summed E-state index contributed by atoms with van der Waals surface area (Å²) in [7, 11) is 0. The van der Waals surface area contributed by atoms with Gasteiger partial charge < -0.3 is 10.1 Å². The number of fused-ring (bicyclic) bond motifs is 1. The van der Waals surface area contributed by atoms with Crippen molar-refractivity contribution >= 4 is 17.5 Å². The first-order chi connectivity index (χ1) is 10.2. The second-order valence-electron chi connectivity index (χ2n) is 4.87. The lowest BCUT2D eigenvalue weighted by atomic mass is 10.0. The quantitative estimate of drug-likeness (QED) is 0.941. The molecule has 1 atom stereocenters. The SMILES string of the molecule is O=C(Cn1ccnn1)NC1CCCOc2c(Cl)cccc21. The highest BCUT2D eigenvalue weighted by molar-refractivity contribution is 6.32. The van der Waals surface area contributed by atoms with Gasteiger partial charge in [-0.15, -0.1) is 5.10 Å². The number of rotatable bonds is 3. The summed E-state index contributed by atoms with van der Waals surface area (Å²) in [6.07, 6.45) is 4.87. The molecule has 1 aromatic carbocycles. The lowest BCUT2D eigenvalue weighted by Gasteiger charge is -2.18. The summed E-state index contributed by atoms with van der Waals surface area (Å²) in [5, 5.41) is 11.1. The van der Waals surface area contributed by atoms with E-state index in [0.717, 1.165) is 18.4 Å². The fourth-order valence-corrected chi connectivity index (χ4v) is 2.66. The molecule has 1 aromatic heterocycles. The molecule has 0 spiro atoms. The Morgan fingerprint density at radius 2 is 2.43 bits per heavy atom. The third-order valence-electron chi connectivity index (χ3n) is 3.37. The van der Waals surface area contributed by atoms with Gasteiger partial charge >= 0.3 is 0 Å². The molecular formula is C14H15ClN4O2. The molecular weight excluding hydrogens is 292 g/mol. The minimum Gasteiger partial charge on any atom is -0.492 e. The summed E-state index contributed by atoms with van der Waals surface area (Å²) in [5.41, 5.74) is 0.923. The average Bonchev–Trinajstić information content (AvgIpc) is 2.87. The van der Waals surface area contributed by atoms with Crippen molar-refractivity contribution in [3.05, 3.63) is 41.2 Å². The number of amides is 1. The summed E-state index contributed by atoms with van der Waals surface area (Å²) in [5.74, 6) is 0.557. The molecule has 0 fully saturated rings. The van der Waals surface area contributed by atoms with Crippen LogP contribution in [-0.2, 0) is 11.3 Å². The summed E-state index contributed by atoms with van der Waals surface area (Å²) in [4.78, 5) is 12.1. The molecule has 21 heavy (non-hydrogen) atoms. The Labute approximate surface area is 127 Å². The Hall–Kier alpha value is -2.08. The molecule has 1 amide bonds. The van der Waals surface area contributed by atoms with E-state index in [4.69, 9.17) is 16.3 Å². The number of benzene rings is 1. The molecule has 3 rings (SSSR count). The van der Waals surface area contributed by atoms with Gasteiger partial charge in [0, 0.05) is 11.8 Å². The molecule has 0 saturated carbocycles. The Balaban J connectivity index is 1.76. The summed E-state index contributed by atoms with van der Waals surface area (Å²) >= 11 is 6.17. The molecule has 1 aliphatic heterocycles. The fourth-order valence-electron chi connectivity index (χ4n) is 2.42. The molecule has 6 nitrogen and oxygen atoms in total. The number of nitrogens with one attached hydrogen (secondary N) is 1. The van der Waals surface area contributed by atoms with E-state index < -0.39 is 0 Å². The van der Waals surface area contributed by atoms with Crippen LogP contribution in [-0.4, -0.2) is 27.5 Å². The smallest absolute Gasteiger partial charge is 0.242 e. The standard InChI is InChI=1S/C14H15ClN4O2/c15-11-4-1-3-10-12(5-2-8-21-14(10)11)17-13(20)9-19-7-6-16-18-19/h1,3-4,6-7,12H,2,5,8-9H2,(H,17,20). The first kappa shape index (κ1) is 13.9. The molecule has 0 bridgehead atoms. The lowest BCUT2D eigenvalue weighted by molar-refractivity contribution is -0.122. The van der Waals surface area contributed by atoms with Gasteiger partial charge in [-0.2, -0.15) is 0 Å². The molecule has 0 saturated heterocycles. The van der Waals surface area contributed by atoms with E-state index in [-0.39, 0.29) is 18.5 Å². The van der Waals surface area contributed by atoms with E-state index in [1.54, 1.807) is 18.5 Å². The molecule has 110 valence electrons.